The van der Waals surface area contributed by atoms with E-state index in [0.29, 0.717) is 6.42 Å². The second-order valence-corrected chi connectivity index (χ2v) is 5.74. The number of hydrogen-bond acceptors (Lipinski definition) is 2. The summed E-state index contributed by atoms with van der Waals surface area (Å²) < 4.78 is 0. The molecular formula is C17H21NO. The zero-order valence-corrected chi connectivity index (χ0v) is 11.3. The Kier molecular flexibility index (Phi) is 3.87. The Labute approximate surface area is 115 Å². The van der Waals surface area contributed by atoms with Crippen LogP contribution in [-0.2, 0) is 6.54 Å². The van der Waals surface area contributed by atoms with E-state index in [1.165, 1.54) is 31.4 Å². The molecule has 2 unspecified atom stereocenters. The van der Waals surface area contributed by atoms with E-state index >= 15 is 0 Å². The van der Waals surface area contributed by atoms with Crippen molar-refractivity contribution >= 4 is 0 Å². The van der Waals surface area contributed by atoms with Crippen LogP contribution in [0.15, 0.2) is 24.3 Å². The van der Waals surface area contributed by atoms with E-state index in [4.69, 9.17) is 5.11 Å². The Morgan fingerprint density at radius 3 is 3.00 bits per heavy atom. The molecule has 0 aromatic heterocycles. The molecule has 3 rings (SSSR count). The molecule has 1 aliphatic carbocycles. The first-order valence-electron chi connectivity index (χ1n) is 7.28. The van der Waals surface area contributed by atoms with E-state index in [9.17, 15) is 0 Å². The molecule has 19 heavy (non-hydrogen) atoms. The standard InChI is InChI=1S/C17H21NO/c19-9-2-1-4-14-5-3-6-15(10-14)12-18-13-16-7-8-17(18)11-16/h3,5-6,10,16-17,19H,2,7-9,11-13H2. The van der Waals surface area contributed by atoms with Crippen molar-refractivity contribution < 1.29 is 5.11 Å². The number of hydrogen-bond donors (Lipinski definition) is 1. The van der Waals surface area contributed by atoms with Crippen LogP contribution >= 0.6 is 0 Å². The van der Waals surface area contributed by atoms with Gasteiger partial charge < -0.3 is 5.11 Å². The molecule has 1 saturated heterocycles. The van der Waals surface area contributed by atoms with Gasteiger partial charge in [0.05, 0.1) is 6.61 Å². The van der Waals surface area contributed by atoms with E-state index in [2.05, 4.69) is 34.9 Å². The monoisotopic (exact) mass is 255 g/mol. The fraction of sp³-hybridized carbons (Fsp3) is 0.529. The predicted molar refractivity (Wildman–Crippen MR) is 76.6 cm³/mol. The maximum absolute atomic E-state index is 8.74. The minimum atomic E-state index is 0.142. The lowest BCUT2D eigenvalue weighted by Crippen LogP contribution is -2.31. The summed E-state index contributed by atoms with van der Waals surface area (Å²) in [6, 6.07) is 9.35. The van der Waals surface area contributed by atoms with Crippen molar-refractivity contribution in [3.63, 3.8) is 0 Å². The molecule has 2 fully saturated rings. The molecule has 1 aromatic carbocycles. The highest BCUT2D eigenvalue weighted by Gasteiger charge is 2.37. The largest absolute Gasteiger partial charge is 0.395 e. The fourth-order valence-electron chi connectivity index (χ4n) is 3.42. The van der Waals surface area contributed by atoms with Gasteiger partial charge in [-0.3, -0.25) is 4.90 Å². The summed E-state index contributed by atoms with van der Waals surface area (Å²) in [5, 5.41) is 8.74. The van der Waals surface area contributed by atoms with Gasteiger partial charge in [-0.05, 0) is 42.9 Å². The smallest absolute Gasteiger partial charge is 0.0540 e. The van der Waals surface area contributed by atoms with Crippen LogP contribution in [0.2, 0.25) is 0 Å². The summed E-state index contributed by atoms with van der Waals surface area (Å²) in [6.07, 6.45) is 4.80. The van der Waals surface area contributed by atoms with Crippen molar-refractivity contribution in [2.24, 2.45) is 5.92 Å². The van der Waals surface area contributed by atoms with Gasteiger partial charge in [0.1, 0.15) is 0 Å². The summed E-state index contributed by atoms with van der Waals surface area (Å²) in [5.74, 6) is 7.06. The Morgan fingerprint density at radius 2 is 2.26 bits per heavy atom. The summed E-state index contributed by atoms with van der Waals surface area (Å²) in [7, 11) is 0. The zero-order chi connectivity index (χ0) is 13.1. The molecule has 0 spiro atoms. The van der Waals surface area contributed by atoms with Gasteiger partial charge in [-0.2, -0.15) is 0 Å². The molecule has 2 atom stereocenters. The van der Waals surface area contributed by atoms with Crippen LogP contribution in [0.1, 0.15) is 36.8 Å². The molecule has 2 heteroatoms. The second kappa shape index (κ2) is 5.77. The fourth-order valence-corrected chi connectivity index (χ4v) is 3.42. The van der Waals surface area contributed by atoms with Gasteiger partial charge in [-0.15, -0.1) is 0 Å². The molecule has 2 bridgehead atoms. The summed E-state index contributed by atoms with van der Waals surface area (Å²) in [6.45, 7) is 2.49. The molecule has 0 amide bonds. The number of fused-ring (bicyclic) bond motifs is 2. The second-order valence-electron chi connectivity index (χ2n) is 5.74. The van der Waals surface area contributed by atoms with Crippen molar-refractivity contribution in [2.45, 2.75) is 38.3 Å². The summed E-state index contributed by atoms with van der Waals surface area (Å²) >= 11 is 0. The third-order valence-corrected chi connectivity index (χ3v) is 4.30. The van der Waals surface area contributed by atoms with E-state index in [0.717, 1.165) is 24.1 Å². The number of aliphatic hydroxyl groups is 1. The minimum absolute atomic E-state index is 0.142. The van der Waals surface area contributed by atoms with E-state index in [-0.39, 0.29) is 6.61 Å². The van der Waals surface area contributed by atoms with Crippen LogP contribution in [0, 0.1) is 17.8 Å². The molecule has 0 radical (unpaired) electrons. The van der Waals surface area contributed by atoms with E-state index < -0.39 is 0 Å². The average Bonchev–Trinajstić information content (AvgIpc) is 3.02. The van der Waals surface area contributed by atoms with Crippen molar-refractivity contribution in [3.8, 4) is 11.8 Å². The SMILES string of the molecule is OCCC#Cc1cccc(CN2CC3CCC2C3)c1. The highest BCUT2D eigenvalue weighted by molar-refractivity contribution is 5.37. The number of benzene rings is 1. The van der Waals surface area contributed by atoms with Crippen LogP contribution < -0.4 is 0 Å². The minimum Gasteiger partial charge on any atom is -0.395 e. The number of likely N-dealkylation sites (tertiary alicyclic amines) is 1. The molecule has 1 aliphatic heterocycles. The summed E-state index contributed by atoms with van der Waals surface area (Å²) in [5.41, 5.74) is 2.43. The van der Waals surface area contributed by atoms with Crippen LogP contribution in [0.25, 0.3) is 0 Å². The Balaban J connectivity index is 1.65. The average molecular weight is 255 g/mol. The Hall–Kier alpha value is -1.30. The van der Waals surface area contributed by atoms with Gasteiger partial charge in [0.15, 0.2) is 0 Å². The lowest BCUT2D eigenvalue weighted by Gasteiger charge is -2.26. The van der Waals surface area contributed by atoms with Crippen LogP contribution in [0.4, 0.5) is 0 Å². The van der Waals surface area contributed by atoms with Gasteiger partial charge in [0.2, 0.25) is 0 Å². The quantitative estimate of drug-likeness (QED) is 0.838. The lowest BCUT2D eigenvalue weighted by molar-refractivity contribution is 0.205. The normalized spacial score (nSPS) is 25.3. The Morgan fingerprint density at radius 1 is 1.32 bits per heavy atom. The molecule has 2 nitrogen and oxygen atoms in total. The zero-order valence-electron chi connectivity index (χ0n) is 11.3. The maximum Gasteiger partial charge on any atom is 0.0540 e. The molecule has 100 valence electrons. The van der Waals surface area contributed by atoms with Gasteiger partial charge >= 0.3 is 0 Å². The van der Waals surface area contributed by atoms with Crippen molar-refractivity contribution in [3.05, 3.63) is 35.4 Å². The molecule has 2 aliphatic rings. The van der Waals surface area contributed by atoms with Gasteiger partial charge in [0, 0.05) is 31.1 Å². The third kappa shape index (κ3) is 3.00. The predicted octanol–water partition coefficient (Wildman–Crippen LogP) is 2.40. The first kappa shape index (κ1) is 12.7. The molecular weight excluding hydrogens is 234 g/mol. The molecule has 1 N–H and O–H groups in total. The first-order chi connectivity index (χ1) is 9.35. The van der Waals surface area contributed by atoms with Gasteiger partial charge in [-0.1, -0.05) is 24.0 Å². The van der Waals surface area contributed by atoms with E-state index in [1.54, 1.807) is 0 Å². The highest BCUT2D eigenvalue weighted by Crippen LogP contribution is 2.38. The molecule has 1 heterocycles. The van der Waals surface area contributed by atoms with Crippen LogP contribution in [0.3, 0.4) is 0 Å². The number of nitrogens with zero attached hydrogens (tertiary/aromatic N) is 1. The number of aliphatic hydroxyl groups excluding tert-OH is 1. The van der Waals surface area contributed by atoms with Crippen molar-refractivity contribution in [2.75, 3.05) is 13.2 Å². The Bertz CT molecular complexity index is 499. The van der Waals surface area contributed by atoms with Crippen LogP contribution in [-0.4, -0.2) is 29.2 Å². The summed E-state index contributed by atoms with van der Waals surface area (Å²) in [4.78, 5) is 2.63. The van der Waals surface area contributed by atoms with Crippen molar-refractivity contribution in [1.29, 1.82) is 0 Å². The number of piperidine rings is 1. The maximum atomic E-state index is 8.74. The topological polar surface area (TPSA) is 23.5 Å². The molecule has 1 saturated carbocycles. The third-order valence-electron chi connectivity index (χ3n) is 4.30. The number of rotatable bonds is 3. The van der Waals surface area contributed by atoms with Gasteiger partial charge in [0.25, 0.3) is 0 Å². The highest BCUT2D eigenvalue weighted by atomic mass is 16.2. The van der Waals surface area contributed by atoms with Crippen molar-refractivity contribution in [1.82, 2.24) is 4.90 Å². The molecule has 1 aromatic rings. The van der Waals surface area contributed by atoms with Crippen LogP contribution in [0.5, 0.6) is 0 Å². The van der Waals surface area contributed by atoms with E-state index in [1.807, 2.05) is 6.07 Å². The lowest BCUT2D eigenvalue weighted by atomic mass is 10.1. The first-order valence-corrected chi connectivity index (χ1v) is 7.28. The van der Waals surface area contributed by atoms with Gasteiger partial charge in [-0.25, -0.2) is 0 Å².